The lowest BCUT2D eigenvalue weighted by Crippen LogP contribution is -2.20. The number of esters is 1. The van der Waals surface area contributed by atoms with Crippen LogP contribution in [0.25, 0.3) is 0 Å². The van der Waals surface area contributed by atoms with Crippen LogP contribution in [0.1, 0.15) is 23.7 Å². The van der Waals surface area contributed by atoms with Crippen LogP contribution in [0.15, 0.2) is 12.3 Å². The van der Waals surface area contributed by atoms with Gasteiger partial charge in [-0.2, -0.15) is 0 Å². The molecule has 3 N–H and O–H groups in total. The van der Waals surface area contributed by atoms with Gasteiger partial charge in [0.25, 0.3) is 0 Å². The smallest absolute Gasteiger partial charge is 0.340 e. The molecule has 0 amide bonds. The zero-order valence-electron chi connectivity index (χ0n) is 11.3. The van der Waals surface area contributed by atoms with Crippen LogP contribution < -0.4 is 11.1 Å². The zero-order valence-corrected chi connectivity index (χ0v) is 12.1. The van der Waals surface area contributed by atoms with Crippen molar-refractivity contribution < 1.29 is 13.7 Å². The molecule has 1 heterocycles. The van der Waals surface area contributed by atoms with Gasteiger partial charge in [-0.15, -0.1) is 0 Å². The van der Waals surface area contributed by atoms with E-state index in [1.165, 1.54) is 19.4 Å². The molecule has 2 atom stereocenters. The Balaban J connectivity index is 2.82. The molecule has 7 heteroatoms. The molecule has 0 aliphatic heterocycles. The highest BCUT2D eigenvalue weighted by Crippen LogP contribution is 2.19. The number of nitrogens with zero attached hydrogens (tertiary/aromatic N) is 1. The standard InChI is InChI=1S/C12H19N3O3S/c1-8(4-5-19(3)17)15-10-7-14-11(13)6-9(10)12(16)18-2/h6-8,15H,4-5H2,1-3H3,(H2,13,14). The van der Waals surface area contributed by atoms with Crippen LogP contribution in [-0.4, -0.2) is 40.3 Å². The molecule has 1 aromatic heterocycles. The summed E-state index contributed by atoms with van der Waals surface area (Å²) in [6.07, 6.45) is 3.90. The number of pyridine rings is 1. The highest BCUT2D eigenvalue weighted by molar-refractivity contribution is 7.84. The van der Waals surface area contributed by atoms with Gasteiger partial charge in [-0.05, 0) is 19.4 Å². The summed E-state index contributed by atoms with van der Waals surface area (Å²) in [6.45, 7) is 1.95. The number of hydrogen-bond acceptors (Lipinski definition) is 6. The van der Waals surface area contributed by atoms with E-state index in [2.05, 4.69) is 10.3 Å². The maximum atomic E-state index is 11.6. The number of rotatable bonds is 6. The quantitative estimate of drug-likeness (QED) is 0.758. The van der Waals surface area contributed by atoms with E-state index in [-0.39, 0.29) is 11.9 Å². The third kappa shape index (κ3) is 4.86. The molecule has 0 aliphatic carbocycles. The van der Waals surface area contributed by atoms with Crippen molar-refractivity contribution in [2.24, 2.45) is 0 Å². The van der Waals surface area contributed by atoms with Crippen LogP contribution in [0.5, 0.6) is 0 Å². The second-order valence-electron chi connectivity index (χ2n) is 4.26. The number of methoxy groups -OCH3 is 1. The number of nitrogens with two attached hydrogens (primary N) is 1. The van der Waals surface area contributed by atoms with Crippen molar-refractivity contribution in [3.63, 3.8) is 0 Å². The van der Waals surface area contributed by atoms with Crippen molar-refractivity contribution >= 4 is 28.3 Å². The van der Waals surface area contributed by atoms with Gasteiger partial charge in [0.05, 0.1) is 24.6 Å². The molecular formula is C12H19N3O3S. The van der Waals surface area contributed by atoms with E-state index in [1.807, 2.05) is 6.92 Å². The van der Waals surface area contributed by atoms with Crippen LogP contribution in [-0.2, 0) is 15.5 Å². The molecular weight excluding hydrogens is 266 g/mol. The third-order valence-electron chi connectivity index (χ3n) is 2.57. The average molecular weight is 285 g/mol. The molecule has 0 spiro atoms. The normalized spacial score (nSPS) is 13.6. The summed E-state index contributed by atoms with van der Waals surface area (Å²) in [5, 5.41) is 3.15. The van der Waals surface area contributed by atoms with Gasteiger partial charge in [0, 0.05) is 28.9 Å². The van der Waals surface area contributed by atoms with Gasteiger partial charge < -0.3 is 15.8 Å². The first-order chi connectivity index (χ1) is 8.93. The summed E-state index contributed by atoms with van der Waals surface area (Å²) in [5.41, 5.74) is 6.47. The molecule has 0 aromatic carbocycles. The number of aromatic nitrogens is 1. The summed E-state index contributed by atoms with van der Waals surface area (Å²) in [4.78, 5) is 15.6. The second kappa shape index (κ2) is 7.08. The Hall–Kier alpha value is -1.63. The summed E-state index contributed by atoms with van der Waals surface area (Å²) < 4.78 is 15.7. The predicted molar refractivity (Wildman–Crippen MR) is 76.6 cm³/mol. The minimum Gasteiger partial charge on any atom is -0.465 e. The Morgan fingerprint density at radius 3 is 2.89 bits per heavy atom. The van der Waals surface area contributed by atoms with Crippen LogP contribution >= 0.6 is 0 Å². The Morgan fingerprint density at radius 2 is 2.32 bits per heavy atom. The first kappa shape index (κ1) is 15.4. The van der Waals surface area contributed by atoms with Gasteiger partial charge in [0.2, 0.25) is 0 Å². The highest BCUT2D eigenvalue weighted by atomic mass is 32.2. The number of nitrogens with one attached hydrogen (secondary N) is 1. The van der Waals surface area contributed by atoms with Gasteiger partial charge in [0.1, 0.15) is 5.82 Å². The van der Waals surface area contributed by atoms with E-state index in [0.29, 0.717) is 17.0 Å². The molecule has 0 saturated heterocycles. The first-order valence-corrected chi connectivity index (χ1v) is 7.57. The van der Waals surface area contributed by atoms with E-state index in [1.54, 1.807) is 6.26 Å². The summed E-state index contributed by atoms with van der Waals surface area (Å²) in [7, 11) is 0.481. The van der Waals surface area contributed by atoms with Crippen molar-refractivity contribution in [2.75, 3.05) is 30.2 Å². The predicted octanol–water partition coefficient (Wildman–Crippen LogP) is 1.02. The molecule has 0 saturated carbocycles. The number of nitrogen functional groups attached to an aromatic ring is 1. The Labute approximate surface area is 115 Å². The molecule has 1 rings (SSSR count). The maximum absolute atomic E-state index is 11.6. The molecule has 0 aliphatic rings. The van der Waals surface area contributed by atoms with E-state index in [9.17, 15) is 9.00 Å². The van der Waals surface area contributed by atoms with Crippen molar-refractivity contribution in [1.29, 1.82) is 0 Å². The topological polar surface area (TPSA) is 94.3 Å². The van der Waals surface area contributed by atoms with Crippen molar-refractivity contribution in [3.8, 4) is 0 Å². The zero-order chi connectivity index (χ0) is 14.4. The third-order valence-corrected chi connectivity index (χ3v) is 3.38. The van der Waals surface area contributed by atoms with Gasteiger partial charge in [0.15, 0.2) is 0 Å². The minimum absolute atomic E-state index is 0.0673. The van der Waals surface area contributed by atoms with Crippen LogP contribution in [0, 0.1) is 0 Å². The lowest BCUT2D eigenvalue weighted by atomic mass is 10.2. The van der Waals surface area contributed by atoms with Gasteiger partial charge in [-0.3, -0.25) is 4.21 Å². The monoisotopic (exact) mass is 285 g/mol. The molecule has 1 aromatic rings. The number of carbonyl (C=O) groups is 1. The van der Waals surface area contributed by atoms with Crippen LogP contribution in [0.3, 0.4) is 0 Å². The molecule has 0 radical (unpaired) electrons. The van der Waals surface area contributed by atoms with E-state index < -0.39 is 16.8 Å². The SMILES string of the molecule is COC(=O)c1cc(N)ncc1NC(C)CCS(C)=O. The van der Waals surface area contributed by atoms with Gasteiger partial charge in [-0.1, -0.05) is 0 Å². The first-order valence-electron chi connectivity index (χ1n) is 5.84. The fraction of sp³-hybridized carbons (Fsp3) is 0.500. The summed E-state index contributed by atoms with van der Waals surface area (Å²) >= 11 is 0. The van der Waals surface area contributed by atoms with Crippen molar-refractivity contribution in [1.82, 2.24) is 4.98 Å². The number of ether oxygens (including phenoxy) is 1. The molecule has 106 valence electrons. The number of anilines is 2. The summed E-state index contributed by atoms with van der Waals surface area (Å²) in [6, 6.07) is 1.54. The Morgan fingerprint density at radius 1 is 1.63 bits per heavy atom. The highest BCUT2D eigenvalue weighted by Gasteiger charge is 2.14. The lowest BCUT2D eigenvalue weighted by Gasteiger charge is -2.16. The Bertz CT molecular complexity index is 479. The van der Waals surface area contributed by atoms with Crippen LogP contribution in [0.4, 0.5) is 11.5 Å². The molecule has 2 unspecified atom stereocenters. The van der Waals surface area contributed by atoms with E-state index in [0.717, 1.165) is 6.42 Å². The van der Waals surface area contributed by atoms with Crippen molar-refractivity contribution in [3.05, 3.63) is 17.8 Å². The second-order valence-corrected chi connectivity index (χ2v) is 5.81. The lowest BCUT2D eigenvalue weighted by molar-refractivity contribution is 0.0601. The summed E-state index contributed by atoms with van der Waals surface area (Å²) in [5.74, 6) is 0.389. The van der Waals surface area contributed by atoms with Crippen LogP contribution in [0.2, 0.25) is 0 Å². The Kier molecular flexibility index (Phi) is 5.75. The fourth-order valence-electron chi connectivity index (χ4n) is 1.55. The average Bonchev–Trinajstić information content (AvgIpc) is 2.37. The number of carbonyl (C=O) groups excluding carboxylic acids is 1. The molecule has 0 bridgehead atoms. The molecule has 19 heavy (non-hydrogen) atoms. The van der Waals surface area contributed by atoms with Crippen molar-refractivity contribution in [2.45, 2.75) is 19.4 Å². The maximum Gasteiger partial charge on any atom is 0.340 e. The minimum atomic E-state index is -0.831. The number of hydrogen-bond donors (Lipinski definition) is 2. The largest absolute Gasteiger partial charge is 0.465 e. The fourth-order valence-corrected chi connectivity index (χ4v) is 2.23. The van der Waals surface area contributed by atoms with Gasteiger partial charge in [-0.25, -0.2) is 9.78 Å². The van der Waals surface area contributed by atoms with E-state index >= 15 is 0 Å². The van der Waals surface area contributed by atoms with Gasteiger partial charge >= 0.3 is 5.97 Å². The molecule has 6 nitrogen and oxygen atoms in total. The van der Waals surface area contributed by atoms with E-state index in [4.69, 9.17) is 10.5 Å². The molecule has 0 fully saturated rings.